The van der Waals surface area contributed by atoms with Gasteiger partial charge in [0.05, 0.1) is 25.5 Å². The number of rotatable bonds is 4. The summed E-state index contributed by atoms with van der Waals surface area (Å²) in [4.78, 5) is 27.1. The predicted molar refractivity (Wildman–Crippen MR) is 62.6 cm³/mol. The fraction of sp³-hybridized carbons (Fsp3) is 0.417. The molecule has 0 aromatic carbocycles. The minimum absolute atomic E-state index is 0.110. The zero-order valence-electron chi connectivity index (χ0n) is 10.5. The number of pyridine rings is 1. The number of ether oxygens (including phenoxy) is 2. The Morgan fingerprint density at radius 1 is 1.28 bits per heavy atom. The average molecular weight is 253 g/mol. The first-order chi connectivity index (χ1) is 8.56. The van der Waals surface area contributed by atoms with Gasteiger partial charge in [-0.1, -0.05) is 13.3 Å². The highest BCUT2D eigenvalue weighted by Gasteiger charge is 2.25. The van der Waals surface area contributed by atoms with Crippen LogP contribution in [0, 0.1) is 0 Å². The van der Waals surface area contributed by atoms with E-state index in [0.717, 1.165) is 6.42 Å². The molecule has 18 heavy (non-hydrogen) atoms. The zero-order chi connectivity index (χ0) is 13.7. The van der Waals surface area contributed by atoms with E-state index in [9.17, 15) is 14.7 Å². The third kappa shape index (κ3) is 2.58. The second-order valence-corrected chi connectivity index (χ2v) is 3.58. The van der Waals surface area contributed by atoms with Crippen molar-refractivity contribution in [1.29, 1.82) is 0 Å². The fourth-order valence-electron chi connectivity index (χ4n) is 1.53. The first kappa shape index (κ1) is 14.0. The monoisotopic (exact) mass is 253 g/mol. The zero-order valence-corrected chi connectivity index (χ0v) is 10.5. The lowest BCUT2D eigenvalue weighted by molar-refractivity contribution is 0.0551. The van der Waals surface area contributed by atoms with Crippen molar-refractivity contribution in [2.45, 2.75) is 19.8 Å². The number of carbonyl (C=O) groups excluding carboxylic acids is 2. The van der Waals surface area contributed by atoms with Crippen molar-refractivity contribution in [1.82, 2.24) is 4.98 Å². The lowest BCUT2D eigenvalue weighted by Gasteiger charge is -2.10. The van der Waals surface area contributed by atoms with Crippen molar-refractivity contribution in [3.63, 3.8) is 0 Å². The quantitative estimate of drug-likeness (QED) is 0.814. The maximum atomic E-state index is 11.6. The average Bonchev–Trinajstić information content (AvgIpc) is 2.39. The Hall–Kier alpha value is -2.11. The van der Waals surface area contributed by atoms with Crippen LogP contribution in [0.3, 0.4) is 0 Å². The molecule has 6 heteroatoms. The van der Waals surface area contributed by atoms with Crippen molar-refractivity contribution in [3.8, 4) is 5.75 Å². The SMILES string of the molecule is CCCc1ncc(C(=O)OC)c(C(=O)OC)c1O. The maximum absolute atomic E-state index is 11.6. The molecule has 0 bridgehead atoms. The highest BCUT2D eigenvalue weighted by Crippen LogP contribution is 2.26. The predicted octanol–water partition coefficient (Wildman–Crippen LogP) is 1.31. The number of aromatic nitrogens is 1. The summed E-state index contributed by atoms with van der Waals surface area (Å²) in [5.41, 5.74) is 0.0371. The largest absolute Gasteiger partial charge is 0.505 e. The molecule has 0 amide bonds. The van der Waals surface area contributed by atoms with Crippen molar-refractivity contribution in [2.24, 2.45) is 0 Å². The molecule has 1 heterocycles. The Bertz CT molecular complexity index is 470. The van der Waals surface area contributed by atoms with Crippen molar-refractivity contribution in [3.05, 3.63) is 23.0 Å². The number of aryl methyl sites for hydroxylation is 1. The Morgan fingerprint density at radius 3 is 2.39 bits per heavy atom. The van der Waals surface area contributed by atoms with Crippen LogP contribution in [0.5, 0.6) is 5.75 Å². The lowest BCUT2D eigenvalue weighted by Crippen LogP contribution is -2.14. The number of nitrogens with zero attached hydrogens (tertiary/aromatic N) is 1. The van der Waals surface area contributed by atoms with E-state index in [1.807, 2.05) is 6.92 Å². The van der Waals surface area contributed by atoms with Crippen LogP contribution in [0.15, 0.2) is 6.20 Å². The highest BCUT2D eigenvalue weighted by atomic mass is 16.5. The topological polar surface area (TPSA) is 85.7 Å². The molecule has 1 aromatic heterocycles. The highest BCUT2D eigenvalue weighted by molar-refractivity contribution is 6.04. The van der Waals surface area contributed by atoms with Gasteiger partial charge in [0.1, 0.15) is 5.56 Å². The third-order valence-electron chi connectivity index (χ3n) is 2.41. The number of hydrogen-bond donors (Lipinski definition) is 1. The molecule has 6 nitrogen and oxygen atoms in total. The number of hydrogen-bond acceptors (Lipinski definition) is 6. The number of methoxy groups -OCH3 is 2. The van der Waals surface area contributed by atoms with E-state index in [1.54, 1.807) is 0 Å². The van der Waals surface area contributed by atoms with E-state index < -0.39 is 11.9 Å². The number of esters is 2. The summed E-state index contributed by atoms with van der Waals surface area (Å²) in [5.74, 6) is -1.87. The van der Waals surface area contributed by atoms with E-state index >= 15 is 0 Å². The number of aromatic hydroxyl groups is 1. The molecule has 0 aliphatic carbocycles. The van der Waals surface area contributed by atoms with E-state index in [4.69, 9.17) is 0 Å². The van der Waals surface area contributed by atoms with Gasteiger partial charge in [0, 0.05) is 6.20 Å². The van der Waals surface area contributed by atoms with Crippen molar-refractivity contribution in [2.75, 3.05) is 14.2 Å². The van der Waals surface area contributed by atoms with Gasteiger partial charge in [-0.2, -0.15) is 0 Å². The van der Waals surface area contributed by atoms with Gasteiger partial charge in [-0.25, -0.2) is 9.59 Å². The molecular weight excluding hydrogens is 238 g/mol. The van der Waals surface area contributed by atoms with Crippen LogP contribution in [0.1, 0.15) is 39.8 Å². The molecule has 0 spiro atoms. The van der Waals surface area contributed by atoms with Crippen LogP contribution in [-0.4, -0.2) is 36.2 Å². The Balaban J connectivity index is 3.41. The smallest absolute Gasteiger partial charge is 0.342 e. The molecular formula is C12H15NO5. The molecule has 1 N–H and O–H groups in total. The van der Waals surface area contributed by atoms with Crippen LogP contribution in [0.4, 0.5) is 0 Å². The summed E-state index contributed by atoms with van der Waals surface area (Å²) in [6, 6.07) is 0. The summed E-state index contributed by atoms with van der Waals surface area (Å²) in [7, 11) is 2.35. The normalized spacial score (nSPS) is 9.94. The molecule has 98 valence electrons. The standard InChI is InChI=1S/C12H15NO5/c1-4-5-8-10(14)9(12(16)18-3)7(6-13-8)11(15)17-2/h6,14H,4-5H2,1-3H3. The van der Waals surface area contributed by atoms with Gasteiger partial charge < -0.3 is 14.6 Å². The summed E-state index contributed by atoms with van der Waals surface area (Å²) in [6.07, 6.45) is 2.46. The molecule has 0 saturated carbocycles. The Labute approximate surface area is 105 Å². The van der Waals surface area contributed by atoms with Gasteiger partial charge in [-0.15, -0.1) is 0 Å². The Kier molecular flexibility index (Phi) is 4.65. The van der Waals surface area contributed by atoms with Gasteiger partial charge in [0.25, 0.3) is 0 Å². The van der Waals surface area contributed by atoms with Crippen molar-refractivity contribution >= 4 is 11.9 Å². The second-order valence-electron chi connectivity index (χ2n) is 3.58. The summed E-state index contributed by atoms with van der Waals surface area (Å²) in [5, 5.41) is 9.98. The van der Waals surface area contributed by atoms with Gasteiger partial charge in [-0.05, 0) is 6.42 Å². The molecule has 0 aliphatic rings. The van der Waals surface area contributed by atoms with E-state index in [1.165, 1.54) is 20.4 Å². The van der Waals surface area contributed by atoms with Gasteiger partial charge in [-0.3, -0.25) is 4.98 Å². The maximum Gasteiger partial charge on any atom is 0.342 e. The van der Waals surface area contributed by atoms with Gasteiger partial charge in [0.15, 0.2) is 5.75 Å². The second kappa shape index (κ2) is 6.00. The molecule has 0 atom stereocenters. The van der Waals surface area contributed by atoms with Gasteiger partial charge >= 0.3 is 11.9 Å². The summed E-state index contributed by atoms with van der Waals surface area (Å²) in [6.45, 7) is 1.91. The molecule has 0 saturated heterocycles. The van der Waals surface area contributed by atoms with E-state index in [-0.39, 0.29) is 16.9 Å². The third-order valence-corrected chi connectivity index (χ3v) is 2.41. The van der Waals surface area contributed by atoms with Crippen LogP contribution >= 0.6 is 0 Å². The first-order valence-corrected chi connectivity index (χ1v) is 5.44. The summed E-state index contributed by atoms with van der Waals surface area (Å²) >= 11 is 0. The van der Waals surface area contributed by atoms with Crippen LogP contribution < -0.4 is 0 Å². The lowest BCUT2D eigenvalue weighted by atomic mass is 10.1. The first-order valence-electron chi connectivity index (χ1n) is 5.44. The van der Waals surface area contributed by atoms with Crippen LogP contribution in [-0.2, 0) is 15.9 Å². The van der Waals surface area contributed by atoms with Gasteiger partial charge in [0.2, 0.25) is 0 Å². The van der Waals surface area contributed by atoms with E-state index in [2.05, 4.69) is 14.5 Å². The minimum Gasteiger partial charge on any atom is -0.505 e. The van der Waals surface area contributed by atoms with Crippen molar-refractivity contribution < 1.29 is 24.2 Å². The summed E-state index contributed by atoms with van der Waals surface area (Å²) < 4.78 is 9.08. The molecule has 0 radical (unpaired) electrons. The van der Waals surface area contributed by atoms with Crippen LogP contribution in [0.2, 0.25) is 0 Å². The molecule has 0 unspecified atom stereocenters. The molecule has 1 rings (SSSR count). The Morgan fingerprint density at radius 2 is 1.89 bits per heavy atom. The number of carbonyl (C=O) groups is 2. The molecule has 0 fully saturated rings. The minimum atomic E-state index is -0.798. The van der Waals surface area contributed by atoms with Crippen LogP contribution in [0.25, 0.3) is 0 Å². The van der Waals surface area contributed by atoms with E-state index in [0.29, 0.717) is 12.1 Å². The molecule has 1 aromatic rings. The fourth-order valence-corrected chi connectivity index (χ4v) is 1.53. The molecule has 0 aliphatic heterocycles.